The van der Waals surface area contributed by atoms with Gasteiger partial charge in [0.15, 0.2) is 0 Å². The molecule has 4 heteroatoms. The average Bonchev–Trinajstić information content (AvgIpc) is 3.44. The predicted octanol–water partition coefficient (Wildman–Crippen LogP) is 5.78. The number of hydrogen-bond acceptors (Lipinski definition) is 1. The number of hydrogen-bond donors (Lipinski definition) is 0. The van der Waals surface area contributed by atoms with Gasteiger partial charge in [-0.05, 0) is 47.7 Å². The quantitative estimate of drug-likeness (QED) is 0.384. The maximum atomic E-state index is 13.7. The molecule has 0 bridgehead atoms. The molecule has 1 unspecified atom stereocenters. The number of amides is 1. The molecule has 1 aliphatic rings. The van der Waals surface area contributed by atoms with Gasteiger partial charge in [-0.3, -0.25) is 4.79 Å². The normalized spacial score (nSPS) is 16.0. The summed E-state index contributed by atoms with van der Waals surface area (Å²) in [7, 11) is 0. The van der Waals surface area contributed by atoms with Gasteiger partial charge < -0.3 is 9.47 Å². The van der Waals surface area contributed by atoms with Crippen molar-refractivity contribution in [1.29, 1.82) is 0 Å². The van der Waals surface area contributed by atoms with Crippen molar-refractivity contribution in [1.82, 2.24) is 9.47 Å². The van der Waals surface area contributed by atoms with Gasteiger partial charge in [-0.1, -0.05) is 60.7 Å². The van der Waals surface area contributed by atoms with E-state index in [0.717, 1.165) is 37.0 Å². The van der Waals surface area contributed by atoms with E-state index in [1.807, 2.05) is 35.2 Å². The fourth-order valence-corrected chi connectivity index (χ4v) is 4.86. The molecule has 0 radical (unpaired) electrons. The first kappa shape index (κ1) is 20.5. The molecule has 1 fully saturated rings. The Labute approximate surface area is 188 Å². The van der Waals surface area contributed by atoms with Crippen molar-refractivity contribution < 1.29 is 9.18 Å². The number of likely N-dealkylation sites (tertiary alicyclic amines) is 1. The summed E-state index contributed by atoms with van der Waals surface area (Å²) in [5.41, 5.74) is 4.59. The Morgan fingerprint density at radius 3 is 2.56 bits per heavy atom. The van der Waals surface area contributed by atoms with E-state index in [2.05, 4.69) is 41.1 Å². The molecular weight excluding hydrogens is 399 g/mol. The van der Waals surface area contributed by atoms with Crippen LogP contribution in [-0.4, -0.2) is 28.5 Å². The second kappa shape index (κ2) is 8.99. The zero-order valence-electron chi connectivity index (χ0n) is 18.1. The van der Waals surface area contributed by atoms with Crippen LogP contribution in [0.3, 0.4) is 0 Å². The SMILES string of the molecule is O=C(CCc1ccccc1)N1CCC(c2cn(Cc3cccc(F)c3)c3ccccc23)C1. The van der Waals surface area contributed by atoms with Crippen LogP contribution in [0.1, 0.15) is 35.4 Å². The summed E-state index contributed by atoms with van der Waals surface area (Å²) in [6, 6.07) is 25.4. The van der Waals surface area contributed by atoms with Crippen molar-refractivity contribution in [2.75, 3.05) is 13.1 Å². The summed E-state index contributed by atoms with van der Waals surface area (Å²) in [4.78, 5) is 14.8. The largest absolute Gasteiger partial charge is 0.343 e. The third-order valence-corrected chi connectivity index (χ3v) is 6.51. The molecule has 1 saturated heterocycles. The lowest BCUT2D eigenvalue weighted by Crippen LogP contribution is -2.28. The number of benzene rings is 3. The number of fused-ring (bicyclic) bond motifs is 1. The minimum Gasteiger partial charge on any atom is -0.343 e. The van der Waals surface area contributed by atoms with Gasteiger partial charge >= 0.3 is 0 Å². The smallest absolute Gasteiger partial charge is 0.222 e. The average molecular weight is 427 g/mol. The molecule has 4 aromatic rings. The summed E-state index contributed by atoms with van der Waals surface area (Å²) < 4.78 is 15.9. The zero-order chi connectivity index (χ0) is 21.9. The topological polar surface area (TPSA) is 25.2 Å². The summed E-state index contributed by atoms with van der Waals surface area (Å²) in [6.07, 6.45) is 4.52. The highest BCUT2D eigenvalue weighted by Crippen LogP contribution is 2.34. The number of aryl methyl sites for hydroxylation is 1. The number of aromatic nitrogens is 1. The van der Waals surface area contributed by atoms with Gasteiger partial charge in [0.05, 0.1) is 0 Å². The van der Waals surface area contributed by atoms with Crippen molar-refractivity contribution in [2.24, 2.45) is 0 Å². The van der Waals surface area contributed by atoms with E-state index < -0.39 is 0 Å². The Bertz CT molecular complexity index is 1230. The van der Waals surface area contributed by atoms with E-state index in [-0.39, 0.29) is 11.7 Å². The number of halogens is 1. The predicted molar refractivity (Wildman–Crippen MR) is 126 cm³/mol. The van der Waals surface area contributed by atoms with E-state index in [4.69, 9.17) is 0 Å². The molecule has 0 aliphatic carbocycles. The highest BCUT2D eigenvalue weighted by molar-refractivity contribution is 5.85. The van der Waals surface area contributed by atoms with E-state index in [1.54, 1.807) is 12.1 Å². The maximum Gasteiger partial charge on any atom is 0.222 e. The lowest BCUT2D eigenvalue weighted by molar-refractivity contribution is -0.130. The standard InChI is InChI=1S/C28H27FN2O/c29-24-10-6-9-22(17-24)18-31-20-26(25-11-4-5-12-27(25)31)23-15-16-30(19-23)28(32)14-13-21-7-2-1-3-8-21/h1-12,17,20,23H,13-16,18-19H2. The summed E-state index contributed by atoms with van der Waals surface area (Å²) in [5, 5.41) is 1.23. The molecule has 3 nitrogen and oxygen atoms in total. The van der Waals surface area contributed by atoms with Gasteiger partial charge in [0.1, 0.15) is 5.82 Å². The van der Waals surface area contributed by atoms with Crippen LogP contribution in [0.4, 0.5) is 4.39 Å². The molecule has 5 rings (SSSR count). The zero-order valence-corrected chi connectivity index (χ0v) is 18.1. The maximum absolute atomic E-state index is 13.7. The van der Waals surface area contributed by atoms with E-state index in [9.17, 15) is 9.18 Å². The van der Waals surface area contributed by atoms with Crippen LogP contribution in [0.2, 0.25) is 0 Å². The molecule has 1 aromatic heterocycles. The lowest BCUT2D eigenvalue weighted by atomic mass is 9.98. The molecule has 1 aliphatic heterocycles. The molecule has 3 aromatic carbocycles. The molecule has 162 valence electrons. The molecule has 1 amide bonds. The Kier molecular flexibility index (Phi) is 5.76. The number of carbonyl (C=O) groups excluding carboxylic acids is 1. The Morgan fingerprint density at radius 2 is 1.72 bits per heavy atom. The monoisotopic (exact) mass is 426 g/mol. The van der Waals surface area contributed by atoms with Crippen LogP contribution in [0, 0.1) is 5.82 Å². The second-order valence-corrected chi connectivity index (χ2v) is 8.67. The van der Waals surface area contributed by atoms with Gasteiger partial charge in [-0.25, -0.2) is 4.39 Å². The molecule has 0 N–H and O–H groups in total. The highest BCUT2D eigenvalue weighted by atomic mass is 19.1. The Morgan fingerprint density at radius 1 is 0.938 bits per heavy atom. The van der Waals surface area contributed by atoms with Crippen LogP contribution in [0.25, 0.3) is 10.9 Å². The summed E-state index contributed by atoms with van der Waals surface area (Å²) in [5.74, 6) is 0.355. The van der Waals surface area contributed by atoms with Gasteiger partial charge in [-0.15, -0.1) is 0 Å². The minimum atomic E-state index is -0.209. The van der Waals surface area contributed by atoms with Crippen LogP contribution in [0.15, 0.2) is 85.1 Å². The van der Waals surface area contributed by atoms with E-state index in [0.29, 0.717) is 18.9 Å². The van der Waals surface area contributed by atoms with Crippen molar-refractivity contribution in [3.05, 3.63) is 108 Å². The van der Waals surface area contributed by atoms with Gasteiger partial charge in [0.2, 0.25) is 5.91 Å². The van der Waals surface area contributed by atoms with Crippen LogP contribution in [-0.2, 0) is 17.8 Å². The molecule has 0 saturated carbocycles. The van der Waals surface area contributed by atoms with E-state index in [1.165, 1.54) is 22.6 Å². The fourth-order valence-electron chi connectivity index (χ4n) is 4.86. The van der Waals surface area contributed by atoms with Crippen molar-refractivity contribution >= 4 is 16.8 Å². The first-order valence-electron chi connectivity index (χ1n) is 11.3. The molecular formula is C28H27FN2O. The van der Waals surface area contributed by atoms with Gasteiger partial charge in [-0.2, -0.15) is 0 Å². The van der Waals surface area contributed by atoms with Crippen molar-refractivity contribution in [3.8, 4) is 0 Å². The minimum absolute atomic E-state index is 0.209. The number of carbonyl (C=O) groups is 1. The van der Waals surface area contributed by atoms with Gasteiger partial charge in [0.25, 0.3) is 0 Å². The third kappa shape index (κ3) is 4.31. The van der Waals surface area contributed by atoms with Crippen molar-refractivity contribution in [2.45, 2.75) is 31.7 Å². The Balaban J connectivity index is 1.32. The first-order valence-corrected chi connectivity index (χ1v) is 11.3. The number of nitrogens with zero attached hydrogens (tertiary/aromatic N) is 2. The number of rotatable bonds is 6. The molecule has 0 spiro atoms. The first-order chi connectivity index (χ1) is 15.7. The lowest BCUT2D eigenvalue weighted by Gasteiger charge is -2.16. The van der Waals surface area contributed by atoms with Crippen molar-refractivity contribution in [3.63, 3.8) is 0 Å². The highest BCUT2D eigenvalue weighted by Gasteiger charge is 2.29. The summed E-state index contributed by atoms with van der Waals surface area (Å²) in [6.45, 7) is 2.20. The van der Waals surface area contributed by atoms with Crippen LogP contribution >= 0.6 is 0 Å². The molecule has 1 atom stereocenters. The number of para-hydroxylation sites is 1. The summed E-state index contributed by atoms with van der Waals surface area (Å²) >= 11 is 0. The fraction of sp³-hybridized carbons (Fsp3) is 0.250. The molecule has 32 heavy (non-hydrogen) atoms. The second-order valence-electron chi connectivity index (χ2n) is 8.67. The van der Waals surface area contributed by atoms with E-state index >= 15 is 0 Å². The van der Waals surface area contributed by atoms with Crippen LogP contribution < -0.4 is 0 Å². The Hall–Kier alpha value is -3.40. The third-order valence-electron chi connectivity index (χ3n) is 6.51. The van der Waals surface area contributed by atoms with Crippen LogP contribution in [0.5, 0.6) is 0 Å². The molecule has 2 heterocycles. The van der Waals surface area contributed by atoms with Gasteiger partial charge in [0, 0.05) is 49.1 Å².